The molecule has 1 N–H and O–H groups in total. The largest absolute Gasteiger partial charge is 0.376 e. The van der Waals surface area contributed by atoms with Crippen molar-refractivity contribution in [1.29, 1.82) is 0 Å². The Kier molecular flexibility index (Phi) is 2.96. The van der Waals surface area contributed by atoms with Crippen LogP contribution in [0, 0.1) is 0 Å². The van der Waals surface area contributed by atoms with Crippen LogP contribution in [-0.4, -0.2) is 9.78 Å². The summed E-state index contributed by atoms with van der Waals surface area (Å²) >= 11 is 5.45. The summed E-state index contributed by atoms with van der Waals surface area (Å²) < 4.78 is 3.07. The number of rotatable bonds is 2. The van der Waals surface area contributed by atoms with Crippen molar-refractivity contribution in [1.82, 2.24) is 9.78 Å². The third kappa shape index (κ3) is 2.26. The zero-order valence-electron chi connectivity index (χ0n) is 9.61. The number of aryl methyl sites for hydroxylation is 2. The minimum Gasteiger partial charge on any atom is -0.376 e. The minimum absolute atomic E-state index is 0.436. The van der Waals surface area contributed by atoms with Crippen molar-refractivity contribution in [2.75, 3.05) is 5.32 Å². The van der Waals surface area contributed by atoms with Gasteiger partial charge < -0.3 is 5.32 Å². The summed E-state index contributed by atoms with van der Waals surface area (Å²) in [6, 6.07) is 2.69. The van der Waals surface area contributed by atoms with E-state index in [1.807, 2.05) is 35.5 Å². The number of anilines is 1. The van der Waals surface area contributed by atoms with Gasteiger partial charge in [-0.1, -0.05) is 0 Å². The molecule has 1 aliphatic carbocycles. The van der Waals surface area contributed by atoms with Crippen molar-refractivity contribution < 1.29 is 0 Å². The van der Waals surface area contributed by atoms with Gasteiger partial charge in [-0.3, -0.25) is 4.68 Å². The average molecular weight is 312 g/mol. The molecular weight excluding hydrogens is 298 g/mol. The number of hydrogen-bond acceptors (Lipinski definition) is 3. The molecule has 2 aromatic rings. The molecule has 5 heteroatoms. The van der Waals surface area contributed by atoms with Gasteiger partial charge in [0.1, 0.15) is 0 Å². The Labute approximate surface area is 113 Å². The van der Waals surface area contributed by atoms with Crippen molar-refractivity contribution in [3.05, 3.63) is 32.7 Å². The van der Waals surface area contributed by atoms with E-state index in [9.17, 15) is 0 Å². The highest BCUT2D eigenvalue weighted by molar-refractivity contribution is 9.11. The highest BCUT2D eigenvalue weighted by Gasteiger charge is 2.22. The van der Waals surface area contributed by atoms with E-state index in [1.165, 1.54) is 33.5 Å². The van der Waals surface area contributed by atoms with Crippen LogP contribution in [0.4, 0.5) is 5.69 Å². The molecule has 17 heavy (non-hydrogen) atoms. The maximum absolute atomic E-state index is 4.19. The molecule has 2 aromatic heterocycles. The third-order valence-corrected chi connectivity index (χ3v) is 4.84. The first-order valence-electron chi connectivity index (χ1n) is 5.75. The van der Waals surface area contributed by atoms with Crippen LogP contribution >= 0.6 is 27.3 Å². The molecule has 0 spiro atoms. The van der Waals surface area contributed by atoms with Gasteiger partial charge in [-0.25, -0.2) is 0 Å². The highest BCUT2D eigenvalue weighted by Crippen LogP contribution is 2.39. The Balaban J connectivity index is 1.85. The Morgan fingerprint density at radius 3 is 3.24 bits per heavy atom. The normalized spacial score (nSPS) is 19.1. The van der Waals surface area contributed by atoms with Crippen LogP contribution < -0.4 is 5.32 Å². The standard InChI is InChI=1S/C12H14BrN3S/c1-16-7-8(6-14-16)15-10-3-2-4-11-9(10)5-12(13)17-11/h5-7,10,15H,2-4H2,1H3. The smallest absolute Gasteiger partial charge is 0.0731 e. The van der Waals surface area contributed by atoms with Crippen molar-refractivity contribution in [3.63, 3.8) is 0 Å². The maximum atomic E-state index is 4.19. The van der Waals surface area contributed by atoms with Gasteiger partial charge in [0.25, 0.3) is 0 Å². The molecule has 0 aromatic carbocycles. The molecule has 0 saturated heterocycles. The Morgan fingerprint density at radius 2 is 2.47 bits per heavy atom. The average Bonchev–Trinajstić information content (AvgIpc) is 2.84. The summed E-state index contributed by atoms with van der Waals surface area (Å²) in [4.78, 5) is 1.52. The summed E-state index contributed by atoms with van der Waals surface area (Å²) in [5.74, 6) is 0. The van der Waals surface area contributed by atoms with Gasteiger partial charge in [0, 0.05) is 18.1 Å². The van der Waals surface area contributed by atoms with Crippen molar-refractivity contribution in [2.45, 2.75) is 25.3 Å². The molecule has 1 unspecified atom stereocenters. The molecule has 3 rings (SSSR count). The van der Waals surface area contributed by atoms with Gasteiger partial charge in [-0.15, -0.1) is 11.3 Å². The molecular formula is C12H14BrN3S. The fourth-order valence-electron chi connectivity index (χ4n) is 2.37. The van der Waals surface area contributed by atoms with E-state index in [1.54, 1.807) is 0 Å². The summed E-state index contributed by atoms with van der Waals surface area (Å²) in [6.07, 6.45) is 7.59. The van der Waals surface area contributed by atoms with E-state index >= 15 is 0 Å². The molecule has 0 bridgehead atoms. The van der Waals surface area contributed by atoms with E-state index in [4.69, 9.17) is 0 Å². The molecule has 0 saturated carbocycles. The topological polar surface area (TPSA) is 29.9 Å². The lowest BCUT2D eigenvalue weighted by molar-refractivity contribution is 0.608. The second-order valence-electron chi connectivity index (χ2n) is 4.42. The van der Waals surface area contributed by atoms with Crippen LogP contribution in [0.3, 0.4) is 0 Å². The van der Waals surface area contributed by atoms with Gasteiger partial charge in [-0.2, -0.15) is 5.10 Å². The number of nitrogens with one attached hydrogen (secondary N) is 1. The molecule has 1 aliphatic rings. The van der Waals surface area contributed by atoms with E-state index in [0.29, 0.717) is 6.04 Å². The van der Waals surface area contributed by atoms with Crippen LogP contribution in [0.25, 0.3) is 0 Å². The minimum atomic E-state index is 0.436. The molecule has 1 atom stereocenters. The van der Waals surface area contributed by atoms with Crippen LogP contribution in [0.5, 0.6) is 0 Å². The third-order valence-electron chi connectivity index (χ3n) is 3.13. The summed E-state index contributed by atoms with van der Waals surface area (Å²) in [6.45, 7) is 0. The first kappa shape index (κ1) is 11.3. The quantitative estimate of drug-likeness (QED) is 0.915. The van der Waals surface area contributed by atoms with Gasteiger partial charge in [-0.05, 0) is 46.8 Å². The molecule has 0 fully saturated rings. The first-order chi connectivity index (χ1) is 8.22. The zero-order chi connectivity index (χ0) is 11.8. The van der Waals surface area contributed by atoms with E-state index in [2.05, 4.69) is 32.4 Å². The second kappa shape index (κ2) is 4.46. The van der Waals surface area contributed by atoms with Crippen molar-refractivity contribution in [2.24, 2.45) is 7.05 Å². The number of nitrogens with zero attached hydrogens (tertiary/aromatic N) is 2. The Morgan fingerprint density at radius 1 is 1.59 bits per heavy atom. The van der Waals surface area contributed by atoms with E-state index < -0.39 is 0 Å². The highest BCUT2D eigenvalue weighted by atomic mass is 79.9. The van der Waals surface area contributed by atoms with Crippen molar-refractivity contribution in [3.8, 4) is 0 Å². The zero-order valence-corrected chi connectivity index (χ0v) is 12.0. The predicted octanol–water partition coefficient (Wildman–Crippen LogP) is 3.73. The molecule has 0 amide bonds. The molecule has 0 radical (unpaired) electrons. The fraction of sp³-hybridized carbons (Fsp3) is 0.417. The lowest BCUT2D eigenvalue weighted by atomic mass is 9.94. The molecule has 3 nitrogen and oxygen atoms in total. The number of aromatic nitrogens is 2. The van der Waals surface area contributed by atoms with Crippen LogP contribution in [-0.2, 0) is 13.5 Å². The van der Waals surface area contributed by atoms with Crippen LogP contribution in [0.15, 0.2) is 22.2 Å². The lowest BCUT2D eigenvalue weighted by Crippen LogP contribution is -2.15. The molecule has 2 heterocycles. The number of thiophene rings is 1. The molecule has 0 aliphatic heterocycles. The van der Waals surface area contributed by atoms with Gasteiger partial charge >= 0.3 is 0 Å². The monoisotopic (exact) mass is 311 g/mol. The fourth-order valence-corrected chi connectivity index (χ4v) is 4.19. The lowest BCUT2D eigenvalue weighted by Gasteiger charge is -2.23. The van der Waals surface area contributed by atoms with Gasteiger partial charge in [0.05, 0.1) is 21.7 Å². The van der Waals surface area contributed by atoms with Crippen LogP contribution in [0.1, 0.15) is 29.3 Å². The number of fused-ring (bicyclic) bond motifs is 1. The van der Waals surface area contributed by atoms with E-state index in [0.717, 1.165) is 5.69 Å². The summed E-state index contributed by atoms with van der Waals surface area (Å²) in [5, 5.41) is 7.76. The number of halogens is 1. The number of hydrogen-bond donors (Lipinski definition) is 1. The summed E-state index contributed by atoms with van der Waals surface area (Å²) in [7, 11) is 1.94. The van der Waals surface area contributed by atoms with Crippen LogP contribution in [0.2, 0.25) is 0 Å². The predicted molar refractivity (Wildman–Crippen MR) is 74.5 cm³/mol. The summed E-state index contributed by atoms with van der Waals surface area (Å²) in [5.41, 5.74) is 2.56. The van der Waals surface area contributed by atoms with Gasteiger partial charge in [0.15, 0.2) is 0 Å². The Bertz CT molecular complexity index is 532. The Hall–Kier alpha value is -0.810. The maximum Gasteiger partial charge on any atom is 0.0731 e. The second-order valence-corrected chi connectivity index (χ2v) is 6.94. The SMILES string of the molecule is Cn1cc(NC2CCCc3sc(Br)cc32)cn1. The van der Waals surface area contributed by atoms with E-state index in [-0.39, 0.29) is 0 Å². The molecule has 90 valence electrons. The van der Waals surface area contributed by atoms with Gasteiger partial charge in [0.2, 0.25) is 0 Å². The van der Waals surface area contributed by atoms with Crippen molar-refractivity contribution >= 4 is 33.0 Å². The first-order valence-corrected chi connectivity index (χ1v) is 7.36.